The van der Waals surface area contributed by atoms with Crippen molar-refractivity contribution < 1.29 is 9.59 Å². The quantitative estimate of drug-likeness (QED) is 0.831. The van der Waals surface area contributed by atoms with Gasteiger partial charge in [0, 0.05) is 6.04 Å². The maximum Gasteiger partial charge on any atom is 0.321 e. The molecule has 2 rings (SSSR count). The molecule has 6 nitrogen and oxygen atoms in total. The van der Waals surface area contributed by atoms with Crippen LogP contribution in [-0.4, -0.2) is 33.4 Å². The monoisotopic (exact) mass is 314 g/mol. The molecule has 0 unspecified atom stereocenters. The molecule has 1 aromatic heterocycles. The number of imide groups is 1. The van der Waals surface area contributed by atoms with E-state index in [0.29, 0.717) is 0 Å². The van der Waals surface area contributed by atoms with Crippen LogP contribution < -0.4 is 10.6 Å². The molecule has 1 saturated carbocycles. The minimum Gasteiger partial charge on any atom is -0.335 e. The van der Waals surface area contributed by atoms with Gasteiger partial charge in [-0.25, -0.2) is 4.79 Å². The van der Waals surface area contributed by atoms with Crippen LogP contribution in [0.2, 0.25) is 0 Å². The number of urea groups is 1. The lowest BCUT2D eigenvalue weighted by molar-refractivity contribution is -0.119. The molecule has 0 saturated heterocycles. The molecular formula is C12H18N4O2S2. The van der Waals surface area contributed by atoms with Crippen molar-refractivity contribution in [2.45, 2.75) is 55.2 Å². The molecule has 0 aliphatic heterocycles. The number of rotatable bonds is 4. The number of aromatic nitrogens is 2. The van der Waals surface area contributed by atoms with Gasteiger partial charge in [0.05, 0.1) is 5.25 Å². The molecular weight excluding hydrogens is 296 g/mol. The largest absolute Gasteiger partial charge is 0.335 e. The summed E-state index contributed by atoms with van der Waals surface area (Å²) in [5.41, 5.74) is 0. The highest BCUT2D eigenvalue weighted by Gasteiger charge is 2.21. The zero-order chi connectivity index (χ0) is 14.5. The minimum absolute atomic E-state index is 0.205. The van der Waals surface area contributed by atoms with Crippen LogP contribution in [0.15, 0.2) is 4.34 Å². The van der Waals surface area contributed by atoms with Crippen molar-refractivity contribution >= 4 is 35.0 Å². The van der Waals surface area contributed by atoms with Crippen LogP contribution in [0.5, 0.6) is 0 Å². The Balaban J connectivity index is 1.76. The van der Waals surface area contributed by atoms with Gasteiger partial charge < -0.3 is 5.32 Å². The lowest BCUT2D eigenvalue weighted by Gasteiger charge is -2.14. The Morgan fingerprint density at radius 3 is 2.65 bits per heavy atom. The molecule has 1 aliphatic carbocycles. The summed E-state index contributed by atoms with van der Waals surface area (Å²) in [6.07, 6.45) is 4.27. The minimum atomic E-state index is -0.400. The SMILES string of the molecule is Cc1nnc(S[C@@H](C)C(=O)NC(=O)NC2CCCC2)s1. The fourth-order valence-electron chi connectivity index (χ4n) is 2.04. The molecule has 110 valence electrons. The highest BCUT2D eigenvalue weighted by Crippen LogP contribution is 2.26. The molecule has 1 heterocycles. The number of carbonyl (C=O) groups is 2. The van der Waals surface area contributed by atoms with Crippen molar-refractivity contribution in [3.8, 4) is 0 Å². The molecule has 20 heavy (non-hydrogen) atoms. The van der Waals surface area contributed by atoms with Gasteiger partial charge in [0.1, 0.15) is 5.01 Å². The Bertz CT molecular complexity index is 486. The second-order valence-electron chi connectivity index (χ2n) is 4.79. The summed E-state index contributed by atoms with van der Waals surface area (Å²) in [7, 11) is 0. The molecule has 1 aromatic rings. The first-order chi connectivity index (χ1) is 9.54. The van der Waals surface area contributed by atoms with E-state index >= 15 is 0 Å². The maximum atomic E-state index is 11.9. The molecule has 0 radical (unpaired) electrons. The van der Waals surface area contributed by atoms with E-state index in [9.17, 15) is 9.59 Å². The van der Waals surface area contributed by atoms with Crippen LogP contribution in [0, 0.1) is 6.92 Å². The number of nitrogens with zero attached hydrogens (tertiary/aromatic N) is 2. The smallest absolute Gasteiger partial charge is 0.321 e. The van der Waals surface area contributed by atoms with E-state index in [-0.39, 0.29) is 17.2 Å². The average Bonchev–Trinajstić information content (AvgIpc) is 3.01. The van der Waals surface area contributed by atoms with Gasteiger partial charge >= 0.3 is 6.03 Å². The molecule has 1 atom stereocenters. The summed E-state index contributed by atoms with van der Waals surface area (Å²) in [6, 6.07) is -0.195. The second-order valence-corrected chi connectivity index (χ2v) is 7.56. The van der Waals surface area contributed by atoms with Crippen molar-refractivity contribution in [1.29, 1.82) is 0 Å². The van der Waals surface area contributed by atoms with Gasteiger partial charge in [-0.1, -0.05) is 35.9 Å². The topological polar surface area (TPSA) is 84.0 Å². The third-order valence-electron chi connectivity index (χ3n) is 3.08. The van der Waals surface area contributed by atoms with Gasteiger partial charge in [-0.3, -0.25) is 10.1 Å². The first-order valence-corrected chi connectivity index (χ1v) is 8.32. The lowest BCUT2D eigenvalue weighted by Crippen LogP contribution is -2.45. The van der Waals surface area contributed by atoms with Crippen LogP contribution in [-0.2, 0) is 4.79 Å². The van der Waals surface area contributed by atoms with Crippen LogP contribution in [0.1, 0.15) is 37.6 Å². The number of nitrogens with one attached hydrogen (secondary N) is 2. The maximum absolute atomic E-state index is 11.9. The molecule has 1 fully saturated rings. The zero-order valence-corrected chi connectivity index (χ0v) is 13.1. The van der Waals surface area contributed by atoms with Gasteiger partial charge in [0.2, 0.25) is 5.91 Å². The Morgan fingerprint density at radius 2 is 2.05 bits per heavy atom. The van der Waals surface area contributed by atoms with Gasteiger partial charge in [0.25, 0.3) is 0 Å². The van der Waals surface area contributed by atoms with Gasteiger partial charge in [-0.05, 0) is 26.7 Å². The number of amides is 3. The van der Waals surface area contributed by atoms with E-state index in [1.165, 1.54) is 23.1 Å². The summed E-state index contributed by atoms with van der Waals surface area (Å²) >= 11 is 2.75. The van der Waals surface area contributed by atoms with E-state index < -0.39 is 6.03 Å². The predicted molar refractivity (Wildman–Crippen MR) is 78.9 cm³/mol. The highest BCUT2D eigenvalue weighted by atomic mass is 32.2. The molecule has 2 N–H and O–H groups in total. The standard InChI is InChI=1S/C12H18N4O2S2/c1-7(19-12-16-15-8(2)20-12)10(17)14-11(18)13-9-5-3-4-6-9/h7,9H,3-6H2,1-2H3,(H2,13,14,17,18)/t7-/m0/s1. The number of aryl methyl sites for hydroxylation is 1. The molecule has 0 bridgehead atoms. The summed E-state index contributed by atoms with van der Waals surface area (Å²) in [5, 5.41) is 13.5. The summed E-state index contributed by atoms with van der Waals surface area (Å²) in [6.45, 7) is 3.61. The fourth-order valence-corrected chi connectivity index (χ4v) is 4.00. The van der Waals surface area contributed by atoms with Gasteiger partial charge in [-0.2, -0.15) is 0 Å². The van der Waals surface area contributed by atoms with Gasteiger partial charge in [-0.15, -0.1) is 10.2 Å². The zero-order valence-electron chi connectivity index (χ0n) is 11.5. The van der Waals surface area contributed by atoms with Crippen molar-refractivity contribution in [2.75, 3.05) is 0 Å². The number of hydrogen-bond donors (Lipinski definition) is 2. The average molecular weight is 314 g/mol. The van der Waals surface area contributed by atoms with Crippen molar-refractivity contribution in [2.24, 2.45) is 0 Å². The van der Waals surface area contributed by atoms with E-state index in [2.05, 4.69) is 20.8 Å². The molecule has 1 aliphatic rings. The first kappa shape index (κ1) is 15.2. The number of hydrogen-bond acceptors (Lipinski definition) is 6. The van der Waals surface area contributed by atoms with Crippen LogP contribution in [0.4, 0.5) is 4.79 Å². The number of carbonyl (C=O) groups excluding carboxylic acids is 2. The molecule has 8 heteroatoms. The van der Waals surface area contributed by atoms with E-state index in [0.717, 1.165) is 35.0 Å². The predicted octanol–water partition coefficient (Wildman–Crippen LogP) is 2.10. The Kier molecular flexibility index (Phi) is 5.36. The summed E-state index contributed by atoms with van der Waals surface area (Å²) in [5.74, 6) is -0.307. The van der Waals surface area contributed by atoms with E-state index in [4.69, 9.17) is 0 Å². The van der Waals surface area contributed by atoms with E-state index in [1.807, 2.05) is 6.92 Å². The lowest BCUT2D eigenvalue weighted by atomic mass is 10.2. The third-order valence-corrected chi connectivity index (χ3v) is 5.10. The normalized spacial score (nSPS) is 16.9. The highest BCUT2D eigenvalue weighted by molar-refractivity contribution is 8.02. The van der Waals surface area contributed by atoms with Crippen LogP contribution in [0.25, 0.3) is 0 Å². The number of thioether (sulfide) groups is 1. The molecule has 0 spiro atoms. The Hall–Kier alpha value is -1.15. The van der Waals surface area contributed by atoms with Crippen LogP contribution in [0.3, 0.4) is 0 Å². The van der Waals surface area contributed by atoms with Crippen molar-refractivity contribution in [3.05, 3.63) is 5.01 Å². The van der Waals surface area contributed by atoms with Gasteiger partial charge in [0.15, 0.2) is 4.34 Å². The Labute approximate surface area is 126 Å². The fraction of sp³-hybridized carbons (Fsp3) is 0.667. The van der Waals surface area contributed by atoms with E-state index in [1.54, 1.807) is 6.92 Å². The first-order valence-electron chi connectivity index (χ1n) is 6.62. The third kappa shape index (κ3) is 4.45. The summed E-state index contributed by atoms with van der Waals surface area (Å²) in [4.78, 5) is 23.6. The summed E-state index contributed by atoms with van der Waals surface area (Å²) < 4.78 is 0.737. The second kappa shape index (κ2) is 7.03. The molecule has 0 aromatic carbocycles. The Morgan fingerprint density at radius 1 is 1.35 bits per heavy atom. The van der Waals surface area contributed by atoms with Crippen LogP contribution >= 0.6 is 23.1 Å². The van der Waals surface area contributed by atoms with Crippen molar-refractivity contribution in [1.82, 2.24) is 20.8 Å². The molecule has 3 amide bonds. The van der Waals surface area contributed by atoms with Crippen molar-refractivity contribution in [3.63, 3.8) is 0 Å².